The van der Waals surface area contributed by atoms with Gasteiger partial charge in [0.2, 0.25) is 5.91 Å². The summed E-state index contributed by atoms with van der Waals surface area (Å²) in [5.74, 6) is 0.0572. The Labute approximate surface area is 159 Å². The van der Waals surface area contributed by atoms with Crippen LogP contribution in [0.5, 0.6) is 0 Å². The monoisotopic (exact) mass is 412 g/mol. The summed E-state index contributed by atoms with van der Waals surface area (Å²) in [5, 5.41) is 1.04. The number of likely N-dealkylation sites (tertiary alicyclic amines) is 1. The number of para-hydroxylation sites is 1. The first-order chi connectivity index (χ1) is 12.2. The summed E-state index contributed by atoms with van der Waals surface area (Å²) < 4.78 is 2.19. The lowest BCUT2D eigenvalue weighted by molar-refractivity contribution is -0.126. The van der Waals surface area contributed by atoms with Crippen LogP contribution < -0.4 is 0 Å². The molecule has 3 nitrogen and oxygen atoms in total. The summed E-state index contributed by atoms with van der Waals surface area (Å²) >= 11 is 5.15. The molecule has 1 fully saturated rings. The van der Waals surface area contributed by atoms with Gasteiger partial charge in [0, 0.05) is 17.1 Å². The molecular formula is C20H17BrN2OS. The highest BCUT2D eigenvalue weighted by Gasteiger charge is 2.31. The molecule has 2 heterocycles. The van der Waals surface area contributed by atoms with Gasteiger partial charge in [-0.15, -0.1) is 11.3 Å². The molecule has 1 saturated heterocycles. The fourth-order valence-corrected chi connectivity index (χ4v) is 4.73. The van der Waals surface area contributed by atoms with Crippen molar-refractivity contribution in [2.24, 2.45) is 0 Å². The van der Waals surface area contributed by atoms with Gasteiger partial charge in [0.25, 0.3) is 0 Å². The number of hydrogen-bond acceptors (Lipinski definition) is 3. The molecule has 25 heavy (non-hydrogen) atoms. The Morgan fingerprint density at radius 2 is 2.12 bits per heavy atom. The minimum absolute atomic E-state index is 0.0572. The minimum Gasteiger partial charge on any atom is -0.330 e. The third-order valence-electron chi connectivity index (χ3n) is 4.40. The number of amides is 1. The van der Waals surface area contributed by atoms with Crippen LogP contribution in [0.25, 0.3) is 16.3 Å². The van der Waals surface area contributed by atoms with Crippen LogP contribution in [-0.4, -0.2) is 22.3 Å². The van der Waals surface area contributed by atoms with E-state index >= 15 is 0 Å². The maximum Gasteiger partial charge on any atom is 0.247 e. The van der Waals surface area contributed by atoms with Gasteiger partial charge in [-0.3, -0.25) is 4.79 Å². The van der Waals surface area contributed by atoms with Gasteiger partial charge in [0.15, 0.2) is 0 Å². The van der Waals surface area contributed by atoms with Crippen LogP contribution in [0.1, 0.15) is 29.5 Å². The van der Waals surface area contributed by atoms with E-state index in [1.54, 1.807) is 17.4 Å². The van der Waals surface area contributed by atoms with Crippen LogP contribution in [0.15, 0.2) is 59.1 Å². The number of carbonyl (C=O) groups is 1. The number of thiazole rings is 1. The van der Waals surface area contributed by atoms with Crippen LogP contribution in [-0.2, 0) is 4.79 Å². The van der Waals surface area contributed by atoms with Crippen molar-refractivity contribution in [2.75, 3.05) is 6.54 Å². The zero-order chi connectivity index (χ0) is 17.2. The lowest BCUT2D eigenvalue weighted by atomic mass is 10.2. The van der Waals surface area contributed by atoms with E-state index in [0.29, 0.717) is 0 Å². The van der Waals surface area contributed by atoms with Crippen LogP contribution in [0.4, 0.5) is 0 Å². The Kier molecular flexibility index (Phi) is 4.68. The summed E-state index contributed by atoms with van der Waals surface area (Å²) in [7, 11) is 0. The normalized spacial score (nSPS) is 17.6. The van der Waals surface area contributed by atoms with Gasteiger partial charge < -0.3 is 4.90 Å². The molecule has 1 amide bonds. The minimum atomic E-state index is 0.0572. The van der Waals surface area contributed by atoms with Crippen LogP contribution >= 0.6 is 27.3 Å². The van der Waals surface area contributed by atoms with Crippen LogP contribution in [0, 0.1) is 0 Å². The second-order valence-electron chi connectivity index (χ2n) is 6.10. The quantitative estimate of drug-likeness (QED) is 0.536. The maximum atomic E-state index is 12.7. The first-order valence-corrected chi connectivity index (χ1v) is 9.91. The summed E-state index contributed by atoms with van der Waals surface area (Å²) in [6.45, 7) is 0.794. The van der Waals surface area contributed by atoms with Gasteiger partial charge in [0.1, 0.15) is 5.01 Å². The summed E-state index contributed by atoms with van der Waals surface area (Å²) in [6.07, 6.45) is 5.56. The van der Waals surface area contributed by atoms with Crippen LogP contribution in [0.3, 0.4) is 0 Å². The second kappa shape index (κ2) is 7.10. The van der Waals surface area contributed by atoms with Gasteiger partial charge in [-0.05, 0) is 48.7 Å². The summed E-state index contributed by atoms with van der Waals surface area (Å²) in [5.41, 5.74) is 2.03. The summed E-state index contributed by atoms with van der Waals surface area (Å²) in [6, 6.07) is 16.2. The van der Waals surface area contributed by atoms with Gasteiger partial charge in [-0.25, -0.2) is 4.98 Å². The van der Waals surface area contributed by atoms with E-state index in [-0.39, 0.29) is 11.9 Å². The Bertz CT molecular complexity index is 917. The average Bonchev–Trinajstić information content (AvgIpc) is 3.26. The zero-order valence-corrected chi connectivity index (χ0v) is 16.0. The van der Waals surface area contributed by atoms with Crippen molar-refractivity contribution in [3.8, 4) is 0 Å². The van der Waals surface area contributed by atoms with E-state index in [2.05, 4.69) is 22.0 Å². The van der Waals surface area contributed by atoms with Crippen molar-refractivity contribution in [2.45, 2.75) is 18.9 Å². The highest BCUT2D eigenvalue weighted by Crippen LogP contribution is 2.36. The lowest BCUT2D eigenvalue weighted by Gasteiger charge is -2.21. The van der Waals surface area contributed by atoms with E-state index in [1.807, 2.05) is 53.4 Å². The van der Waals surface area contributed by atoms with Crippen molar-refractivity contribution in [1.29, 1.82) is 0 Å². The van der Waals surface area contributed by atoms with E-state index in [0.717, 1.165) is 39.9 Å². The first kappa shape index (κ1) is 16.5. The molecule has 3 aromatic rings. The molecular weight excluding hydrogens is 396 g/mol. The molecule has 0 N–H and O–H groups in total. The Hall–Kier alpha value is -1.98. The molecule has 1 unspecified atom stereocenters. The maximum absolute atomic E-state index is 12.7. The predicted octanol–water partition coefficient (Wildman–Crippen LogP) is 5.44. The molecule has 2 aromatic carbocycles. The predicted molar refractivity (Wildman–Crippen MR) is 106 cm³/mol. The Balaban J connectivity index is 1.55. The van der Waals surface area contributed by atoms with E-state index < -0.39 is 0 Å². The fourth-order valence-electron chi connectivity index (χ4n) is 3.19. The first-order valence-electron chi connectivity index (χ1n) is 8.30. The standard InChI is InChI=1S/C20H17BrN2OS/c21-15-6-3-5-14(13-15)10-11-19(24)23-12-4-8-17(23)20-22-16-7-1-2-9-18(16)25-20/h1-3,5-7,9-11,13,17H,4,8,12H2. The van der Waals surface area contributed by atoms with Gasteiger partial charge in [0.05, 0.1) is 16.3 Å². The number of nitrogens with zero attached hydrogens (tertiary/aromatic N) is 2. The van der Waals surface area contributed by atoms with Crippen molar-refractivity contribution in [3.05, 3.63) is 69.7 Å². The zero-order valence-electron chi connectivity index (χ0n) is 13.6. The van der Waals surface area contributed by atoms with E-state index in [4.69, 9.17) is 4.98 Å². The molecule has 1 aliphatic rings. The molecule has 1 aliphatic heterocycles. The van der Waals surface area contributed by atoms with Gasteiger partial charge in [-0.1, -0.05) is 40.2 Å². The average molecular weight is 413 g/mol. The number of carbonyl (C=O) groups excluding carboxylic acids is 1. The molecule has 5 heteroatoms. The molecule has 0 radical (unpaired) electrons. The molecule has 0 aliphatic carbocycles. The fraction of sp³-hybridized carbons (Fsp3) is 0.200. The number of hydrogen-bond donors (Lipinski definition) is 0. The number of halogens is 1. The third kappa shape index (κ3) is 3.53. The van der Waals surface area contributed by atoms with Crippen molar-refractivity contribution in [3.63, 3.8) is 0 Å². The Morgan fingerprint density at radius 3 is 2.96 bits per heavy atom. The molecule has 0 bridgehead atoms. The molecule has 4 rings (SSSR count). The van der Waals surface area contributed by atoms with E-state index in [9.17, 15) is 4.79 Å². The highest BCUT2D eigenvalue weighted by molar-refractivity contribution is 9.10. The number of fused-ring (bicyclic) bond motifs is 1. The van der Waals surface area contributed by atoms with Crippen molar-refractivity contribution < 1.29 is 4.79 Å². The topological polar surface area (TPSA) is 33.2 Å². The lowest BCUT2D eigenvalue weighted by Crippen LogP contribution is -2.28. The highest BCUT2D eigenvalue weighted by atomic mass is 79.9. The summed E-state index contributed by atoms with van der Waals surface area (Å²) in [4.78, 5) is 19.4. The smallest absolute Gasteiger partial charge is 0.247 e. The molecule has 0 saturated carbocycles. The van der Waals surface area contributed by atoms with Crippen molar-refractivity contribution >= 4 is 49.5 Å². The Morgan fingerprint density at radius 1 is 1.24 bits per heavy atom. The molecule has 1 aromatic heterocycles. The van der Waals surface area contributed by atoms with Crippen LogP contribution in [0.2, 0.25) is 0 Å². The SMILES string of the molecule is O=C(C=Cc1cccc(Br)c1)N1CCCC1c1nc2ccccc2s1. The number of rotatable bonds is 3. The van der Waals surface area contributed by atoms with Gasteiger partial charge >= 0.3 is 0 Å². The van der Waals surface area contributed by atoms with Crippen molar-refractivity contribution in [1.82, 2.24) is 9.88 Å². The third-order valence-corrected chi connectivity index (χ3v) is 6.03. The number of aromatic nitrogens is 1. The molecule has 126 valence electrons. The van der Waals surface area contributed by atoms with E-state index in [1.165, 1.54) is 4.70 Å². The molecule has 1 atom stereocenters. The largest absolute Gasteiger partial charge is 0.330 e. The second-order valence-corrected chi connectivity index (χ2v) is 8.08. The molecule has 0 spiro atoms. The number of benzene rings is 2. The van der Waals surface area contributed by atoms with Gasteiger partial charge in [-0.2, -0.15) is 0 Å².